The molecule has 0 aliphatic heterocycles. The molecule has 1 unspecified atom stereocenters. The van der Waals surface area contributed by atoms with Crippen molar-refractivity contribution in [3.05, 3.63) is 85.1 Å². The van der Waals surface area contributed by atoms with Gasteiger partial charge in [-0.25, -0.2) is 0 Å². The SMILES string of the molecule is CCC=CCC=CCC=CCC=CCC=CCCCC(=O)OCC(COC(=O)CCCCCCCC=CCC=CCCCCC)OC(=O)CCCCCCCCCCCCCCC. The van der Waals surface area contributed by atoms with Crippen molar-refractivity contribution in [3.63, 3.8) is 0 Å². The summed E-state index contributed by atoms with van der Waals surface area (Å²) in [7, 11) is 0. The standard InChI is InChI=1S/C57H96O6/c1-4-7-10-13-16-19-22-25-27-28-30-33-35-38-41-44-47-50-56(59)62-53-54(63-57(60)51-48-45-42-39-36-31-24-21-18-15-12-9-6-3)52-61-55(58)49-46-43-40-37-34-32-29-26-23-20-17-14-11-8-5-2/h7,10,16-17,19-20,25-27,29-30,33,38,41,54H,4-6,8-9,11-15,18,21-24,28,31-32,34-37,39-40,42-53H2,1-3H3. The molecule has 1 atom stereocenters. The molecule has 0 aromatic carbocycles. The molecule has 0 amide bonds. The van der Waals surface area contributed by atoms with Crippen LogP contribution in [0.5, 0.6) is 0 Å². The van der Waals surface area contributed by atoms with Crippen LogP contribution in [0.4, 0.5) is 0 Å². The van der Waals surface area contributed by atoms with Crippen LogP contribution in [-0.4, -0.2) is 37.2 Å². The van der Waals surface area contributed by atoms with E-state index in [1.807, 2.05) is 0 Å². The molecular formula is C57H96O6. The van der Waals surface area contributed by atoms with E-state index in [4.69, 9.17) is 14.2 Å². The minimum atomic E-state index is -0.803. The second kappa shape index (κ2) is 51.2. The van der Waals surface area contributed by atoms with Gasteiger partial charge in [0.25, 0.3) is 0 Å². The van der Waals surface area contributed by atoms with Crippen molar-refractivity contribution in [2.75, 3.05) is 13.2 Å². The summed E-state index contributed by atoms with van der Waals surface area (Å²) in [6.45, 7) is 6.43. The van der Waals surface area contributed by atoms with E-state index >= 15 is 0 Å². The highest BCUT2D eigenvalue weighted by atomic mass is 16.6. The monoisotopic (exact) mass is 877 g/mol. The van der Waals surface area contributed by atoms with Crippen LogP contribution in [0.3, 0.4) is 0 Å². The molecule has 360 valence electrons. The van der Waals surface area contributed by atoms with E-state index in [-0.39, 0.29) is 37.5 Å². The van der Waals surface area contributed by atoms with Crippen molar-refractivity contribution in [2.45, 2.75) is 245 Å². The molecule has 63 heavy (non-hydrogen) atoms. The highest BCUT2D eigenvalue weighted by Gasteiger charge is 2.19. The van der Waals surface area contributed by atoms with Crippen molar-refractivity contribution in [1.29, 1.82) is 0 Å². The highest BCUT2D eigenvalue weighted by molar-refractivity contribution is 5.71. The Hall–Kier alpha value is -3.41. The summed E-state index contributed by atoms with van der Waals surface area (Å²) in [6, 6.07) is 0. The fourth-order valence-corrected chi connectivity index (χ4v) is 6.98. The van der Waals surface area contributed by atoms with Crippen molar-refractivity contribution in [3.8, 4) is 0 Å². The number of allylic oxidation sites excluding steroid dienone is 14. The van der Waals surface area contributed by atoms with Crippen LogP contribution in [0.2, 0.25) is 0 Å². The van der Waals surface area contributed by atoms with Crippen molar-refractivity contribution < 1.29 is 28.6 Å². The molecule has 0 spiro atoms. The van der Waals surface area contributed by atoms with Gasteiger partial charge in [-0.3, -0.25) is 14.4 Å². The summed E-state index contributed by atoms with van der Waals surface area (Å²) in [5, 5.41) is 0. The Morgan fingerprint density at radius 1 is 0.333 bits per heavy atom. The van der Waals surface area contributed by atoms with Gasteiger partial charge in [0.15, 0.2) is 6.10 Å². The molecule has 0 fully saturated rings. The van der Waals surface area contributed by atoms with Gasteiger partial charge >= 0.3 is 17.9 Å². The zero-order valence-corrected chi connectivity index (χ0v) is 41.1. The van der Waals surface area contributed by atoms with E-state index < -0.39 is 6.10 Å². The Bertz CT molecular complexity index is 1240. The van der Waals surface area contributed by atoms with Crippen molar-refractivity contribution in [2.24, 2.45) is 0 Å². The molecule has 6 nitrogen and oxygen atoms in total. The van der Waals surface area contributed by atoms with E-state index in [1.54, 1.807) is 0 Å². The third-order valence-corrected chi connectivity index (χ3v) is 10.9. The van der Waals surface area contributed by atoms with Gasteiger partial charge in [-0.2, -0.15) is 0 Å². The molecule has 0 saturated carbocycles. The van der Waals surface area contributed by atoms with Gasteiger partial charge in [0.05, 0.1) is 0 Å². The number of carbonyl (C=O) groups excluding carboxylic acids is 3. The lowest BCUT2D eigenvalue weighted by atomic mass is 10.0. The Morgan fingerprint density at radius 3 is 1.06 bits per heavy atom. The maximum Gasteiger partial charge on any atom is 0.306 e. The molecule has 0 bridgehead atoms. The smallest absolute Gasteiger partial charge is 0.306 e. The van der Waals surface area contributed by atoms with Crippen molar-refractivity contribution >= 4 is 17.9 Å². The molecule has 0 aliphatic carbocycles. The number of hydrogen-bond donors (Lipinski definition) is 0. The lowest BCUT2D eigenvalue weighted by molar-refractivity contribution is -0.167. The number of unbranched alkanes of at least 4 members (excludes halogenated alkanes) is 21. The lowest BCUT2D eigenvalue weighted by Crippen LogP contribution is -2.30. The molecule has 0 heterocycles. The lowest BCUT2D eigenvalue weighted by Gasteiger charge is -2.18. The average Bonchev–Trinajstić information content (AvgIpc) is 3.28. The summed E-state index contributed by atoms with van der Waals surface area (Å²) < 4.78 is 16.7. The Labute approximate surface area is 388 Å². The molecule has 0 rings (SSSR count). The normalized spacial score (nSPS) is 12.7. The summed E-state index contributed by atoms with van der Waals surface area (Å²) in [5.41, 5.74) is 0. The number of esters is 3. The molecule has 0 saturated heterocycles. The largest absolute Gasteiger partial charge is 0.462 e. The number of ether oxygens (including phenoxy) is 3. The minimum absolute atomic E-state index is 0.100. The maximum absolute atomic E-state index is 12.8. The molecule has 6 heteroatoms. The third-order valence-electron chi connectivity index (χ3n) is 10.9. The summed E-state index contributed by atoms with van der Waals surface area (Å²) in [6.07, 6.45) is 65.7. The first-order chi connectivity index (χ1) is 31.0. The number of carbonyl (C=O) groups is 3. The van der Waals surface area contributed by atoms with Gasteiger partial charge in [0, 0.05) is 19.3 Å². The predicted octanol–water partition coefficient (Wildman–Crippen LogP) is 17.2. The molecule has 0 aromatic rings. The summed E-state index contributed by atoms with van der Waals surface area (Å²) in [5.74, 6) is -0.972. The van der Waals surface area contributed by atoms with Gasteiger partial charge in [-0.15, -0.1) is 0 Å². The average molecular weight is 877 g/mol. The van der Waals surface area contributed by atoms with E-state index in [0.29, 0.717) is 19.3 Å². The quantitative estimate of drug-likeness (QED) is 0.0262. The van der Waals surface area contributed by atoms with Crippen LogP contribution < -0.4 is 0 Å². The van der Waals surface area contributed by atoms with Gasteiger partial charge in [-0.05, 0) is 89.9 Å². The van der Waals surface area contributed by atoms with Gasteiger partial charge in [0.1, 0.15) is 13.2 Å². The predicted molar refractivity (Wildman–Crippen MR) is 270 cm³/mol. The fourth-order valence-electron chi connectivity index (χ4n) is 6.98. The van der Waals surface area contributed by atoms with Crippen molar-refractivity contribution in [1.82, 2.24) is 0 Å². The van der Waals surface area contributed by atoms with E-state index in [1.165, 1.54) is 89.9 Å². The zero-order valence-electron chi connectivity index (χ0n) is 41.1. The topological polar surface area (TPSA) is 78.9 Å². The minimum Gasteiger partial charge on any atom is -0.462 e. The van der Waals surface area contributed by atoms with E-state index in [9.17, 15) is 14.4 Å². The highest BCUT2D eigenvalue weighted by Crippen LogP contribution is 2.14. The molecule has 0 N–H and O–H groups in total. The Balaban J connectivity index is 4.49. The van der Waals surface area contributed by atoms with E-state index in [0.717, 1.165) is 103 Å². The first kappa shape index (κ1) is 59.6. The summed E-state index contributed by atoms with van der Waals surface area (Å²) in [4.78, 5) is 38.0. The Kier molecular flexibility index (Phi) is 48.5. The van der Waals surface area contributed by atoms with Crippen LogP contribution in [0.25, 0.3) is 0 Å². The maximum atomic E-state index is 12.8. The van der Waals surface area contributed by atoms with E-state index in [2.05, 4.69) is 106 Å². The van der Waals surface area contributed by atoms with Gasteiger partial charge < -0.3 is 14.2 Å². The number of hydrogen-bond acceptors (Lipinski definition) is 6. The molecule has 0 aromatic heterocycles. The second-order valence-electron chi connectivity index (χ2n) is 17.1. The zero-order chi connectivity index (χ0) is 45.8. The van der Waals surface area contributed by atoms with Crippen LogP contribution in [0, 0.1) is 0 Å². The van der Waals surface area contributed by atoms with Crippen LogP contribution in [-0.2, 0) is 28.6 Å². The number of rotatable bonds is 46. The molecule has 0 aliphatic rings. The molecule has 0 radical (unpaired) electrons. The second-order valence-corrected chi connectivity index (χ2v) is 17.1. The third kappa shape index (κ3) is 49.5. The fraction of sp³-hybridized carbons (Fsp3) is 0.702. The van der Waals surface area contributed by atoms with Crippen LogP contribution >= 0.6 is 0 Å². The summed E-state index contributed by atoms with van der Waals surface area (Å²) >= 11 is 0. The van der Waals surface area contributed by atoms with Gasteiger partial charge in [-0.1, -0.05) is 215 Å². The molecular weight excluding hydrogens is 781 g/mol. The van der Waals surface area contributed by atoms with Gasteiger partial charge in [0.2, 0.25) is 0 Å². The van der Waals surface area contributed by atoms with Crippen LogP contribution in [0.15, 0.2) is 85.1 Å². The Morgan fingerprint density at radius 2 is 0.635 bits per heavy atom. The van der Waals surface area contributed by atoms with Crippen LogP contribution in [0.1, 0.15) is 239 Å². The first-order valence-electron chi connectivity index (χ1n) is 26.1. The first-order valence-corrected chi connectivity index (χ1v) is 26.1.